The number of rotatable bonds is 42. The number of unbranched alkanes of at least 4 members (excludes halogenated alkanes) is 6. The number of primary amides is 1. The molecular formula is C56H103N9O13. The van der Waals surface area contributed by atoms with Crippen LogP contribution < -0.4 is 48.3 Å². The van der Waals surface area contributed by atoms with E-state index in [0.29, 0.717) is 12.8 Å². The first kappa shape index (κ1) is 72.6. The monoisotopic (exact) mass is 1110 g/mol. The number of aliphatic carboxylic acids is 1. The lowest BCUT2D eigenvalue weighted by atomic mass is 9.96. The fourth-order valence-corrected chi connectivity index (χ4v) is 8.74. The Hall–Kier alpha value is -5.38. The van der Waals surface area contributed by atoms with Gasteiger partial charge >= 0.3 is 5.97 Å². The van der Waals surface area contributed by atoms with E-state index >= 15 is 0 Å². The van der Waals surface area contributed by atoms with Gasteiger partial charge in [0.2, 0.25) is 53.2 Å². The van der Waals surface area contributed by atoms with Gasteiger partial charge in [0.05, 0.1) is 19.1 Å². The van der Waals surface area contributed by atoms with Crippen LogP contribution >= 0.6 is 0 Å². The fraction of sp³-hybridized carbons (Fsp3) is 0.821. The zero-order valence-electron chi connectivity index (χ0n) is 49.4. The van der Waals surface area contributed by atoms with Crippen LogP contribution in [0.1, 0.15) is 199 Å². The van der Waals surface area contributed by atoms with Gasteiger partial charge in [0.1, 0.15) is 48.3 Å². The molecule has 450 valence electrons. The summed E-state index contributed by atoms with van der Waals surface area (Å²) in [7, 11) is 0. The zero-order chi connectivity index (χ0) is 59.8. The summed E-state index contributed by atoms with van der Waals surface area (Å²) in [6.07, 6.45) is 7.03. The zero-order valence-corrected chi connectivity index (χ0v) is 49.4. The molecule has 0 aliphatic rings. The smallest absolute Gasteiger partial charge is 0.326 e. The highest BCUT2D eigenvalue weighted by Gasteiger charge is 2.37. The molecule has 0 heterocycles. The van der Waals surface area contributed by atoms with Crippen LogP contribution in [0.5, 0.6) is 0 Å². The molecule has 0 spiro atoms. The molecule has 13 N–H and O–H groups in total. The van der Waals surface area contributed by atoms with Crippen LogP contribution in [-0.2, 0) is 47.9 Å². The molecule has 9 amide bonds. The summed E-state index contributed by atoms with van der Waals surface area (Å²) in [5.41, 5.74) is 5.47. The lowest BCUT2D eigenvalue weighted by molar-refractivity contribution is -0.143. The van der Waals surface area contributed by atoms with E-state index in [4.69, 9.17) is 5.73 Å². The number of carboxylic acid groups (broad SMARTS) is 1. The summed E-state index contributed by atoms with van der Waals surface area (Å²) in [6.45, 7) is 22.8. The van der Waals surface area contributed by atoms with Gasteiger partial charge in [-0.25, -0.2) is 4.79 Å². The first-order chi connectivity index (χ1) is 36.4. The number of nitrogens with two attached hydrogens (primary N) is 1. The van der Waals surface area contributed by atoms with Crippen LogP contribution in [0, 0.1) is 35.5 Å². The van der Waals surface area contributed by atoms with Gasteiger partial charge in [-0.3, -0.25) is 43.2 Å². The van der Waals surface area contributed by atoms with Crippen molar-refractivity contribution in [1.29, 1.82) is 0 Å². The summed E-state index contributed by atoms with van der Waals surface area (Å²) in [5, 5.41) is 51.7. The number of aliphatic hydroxyl groups is 2. The van der Waals surface area contributed by atoms with Gasteiger partial charge in [0.25, 0.3) is 0 Å². The molecule has 0 bridgehead atoms. The maximum absolute atomic E-state index is 14.1. The third kappa shape index (κ3) is 31.3. The van der Waals surface area contributed by atoms with Gasteiger partial charge in [-0.15, -0.1) is 0 Å². The number of carbonyl (C=O) groups excluding carboxylic acids is 9. The predicted octanol–water partition coefficient (Wildman–Crippen LogP) is 3.38. The van der Waals surface area contributed by atoms with E-state index in [1.807, 2.05) is 55.4 Å². The van der Waals surface area contributed by atoms with Crippen LogP contribution in [-0.4, -0.2) is 135 Å². The third-order valence-electron chi connectivity index (χ3n) is 13.2. The molecule has 0 unspecified atom stereocenters. The molecule has 0 rings (SSSR count). The van der Waals surface area contributed by atoms with Crippen LogP contribution in [0.2, 0.25) is 0 Å². The normalized spacial score (nSPS) is 15.4. The lowest BCUT2D eigenvalue weighted by Gasteiger charge is -2.30. The van der Waals surface area contributed by atoms with E-state index in [1.165, 1.54) is 12.8 Å². The summed E-state index contributed by atoms with van der Waals surface area (Å²) >= 11 is 0. The second-order valence-corrected chi connectivity index (χ2v) is 23.3. The fourth-order valence-electron chi connectivity index (χ4n) is 8.74. The second kappa shape index (κ2) is 39.1. The Morgan fingerprint density at radius 3 is 1.17 bits per heavy atom. The summed E-state index contributed by atoms with van der Waals surface area (Å²) in [4.78, 5) is 135. The SMILES string of the molecule is CCCCCCCCC[C@@H](O)CC(=O)N[C@@H](CC(C)C)C(=O)N[C@@H](CC(C)C)C(=O)N[C@H](CCC(N)=O)C(=O)N[C@@H](CC(C)C)C(=O)N[C@H](CO)C(=O)N[C@H](C(=O)N[C@H](CC(C)C)C(=O)N[C@@H](CC(C)C)C(=O)O)[C@@H](C)CC. The summed E-state index contributed by atoms with van der Waals surface area (Å²) < 4.78 is 0. The van der Waals surface area contributed by atoms with E-state index in [-0.39, 0.29) is 81.0 Å². The topological polar surface area (TPSA) is 354 Å². The molecule has 0 radical (unpaired) electrons. The Bertz CT molecular complexity index is 1880. The molecule has 0 fully saturated rings. The molecule has 22 nitrogen and oxygen atoms in total. The van der Waals surface area contributed by atoms with E-state index < -0.39 is 126 Å². The maximum Gasteiger partial charge on any atom is 0.326 e. The molecule has 10 atom stereocenters. The highest BCUT2D eigenvalue weighted by Crippen LogP contribution is 2.16. The van der Waals surface area contributed by atoms with Crippen molar-refractivity contribution in [3.05, 3.63) is 0 Å². The number of hydrogen-bond donors (Lipinski definition) is 12. The van der Waals surface area contributed by atoms with Crippen LogP contribution in [0.15, 0.2) is 0 Å². The van der Waals surface area contributed by atoms with Crippen LogP contribution in [0.25, 0.3) is 0 Å². The van der Waals surface area contributed by atoms with Gasteiger partial charge in [0, 0.05) is 6.42 Å². The Morgan fingerprint density at radius 1 is 0.423 bits per heavy atom. The van der Waals surface area contributed by atoms with Crippen molar-refractivity contribution < 1.29 is 63.3 Å². The van der Waals surface area contributed by atoms with Crippen LogP contribution in [0.4, 0.5) is 0 Å². The van der Waals surface area contributed by atoms with Gasteiger partial charge < -0.3 is 63.6 Å². The molecule has 0 aliphatic carbocycles. The van der Waals surface area contributed by atoms with Gasteiger partial charge in [0.15, 0.2) is 0 Å². The maximum atomic E-state index is 14.1. The Balaban J connectivity index is 6.44. The molecule has 0 saturated heterocycles. The second-order valence-electron chi connectivity index (χ2n) is 23.3. The molecule has 78 heavy (non-hydrogen) atoms. The lowest BCUT2D eigenvalue weighted by Crippen LogP contribution is -2.61. The van der Waals surface area contributed by atoms with Crippen LogP contribution in [0.3, 0.4) is 0 Å². The van der Waals surface area contributed by atoms with E-state index in [1.54, 1.807) is 27.7 Å². The Kier molecular flexibility index (Phi) is 36.4. The average Bonchev–Trinajstić information content (AvgIpc) is 3.33. The molecule has 0 aromatic heterocycles. The molecule has 0 aromatic rings. The molecule has 0 aliphatic heterocycles. The molecular weight excluding hydrogens is 1010 g/mol. The number of amides is 9. The summed E-state index contributed by atoms with van der Waals surface area (Å²) in [6, 6.07) is -10.4. The van der Waals surface area contributed by atoms with Crippen molar-refractivity contribution in [2.75, 3.05) is 6.61 Å². The molecule has 22 heteroatoms. The number of hydrogen-bond acceptors (Lipinski definition) is 12. The number of nitrogens with one attached hydrogen (secondary N) is 8. The van der Waals surface area contributed by atoms with Gasteiger partial charge in [-0.2, -0.15) is 0 Å². The number of carbonyl (C=O) groups is 10. The molecule has 0 saturated carbocycles. The number of carboxylic acids is 1. The first-order valence-corrected chi connectivity index (χ1v) is 28.7. The van der Waals surface area contributed by atoms with E-state index in [9.17, 15) is 63.3 Å². The Morgan fingerprint density at radius 2 is 0.769 bits per heavy atom. The average molecular weight is 1110 g/mol. The quantitative estimate of drug-likeness (QED) is 0.0391. The van der Waals surface area contributed by atoms with Gasteiger partial charge in [-0.1, -0.05) is 141 Å². The van der Waals surface area contributed by atoms with Crippen molar-refractivity contribution in [1.82, 2.24) is 42.5 Å². The molecule has 0 aromatic carbocycles. The van der Waals surface area contributed by atoms with Crippen molar-refractivity contribution in [3.63, 3.8) is 0 Å². The third-order valence-corrected chi connectivity index (χ3v) is 13.2. The largest absolute Gasteiger partial charge is 0.480 e. The van der Waals surface area contributed by atoms with Crippen molar-refractivity contribution in [2.24, 2.45) is 41.2 Å². The summed E-state index contributed by atoms with van der Waals surface area (Å²) in [5.74, 6) is -9.44. The minimum Gasteiger partial charge on any atom is -0.480 e. The Labute approximate surface area is 465 Å². The standard InChI is InChI=1S/C56H103N9O13/c1-14-16-17-18-19-20-21-22-38(67)30-47(69)58-40(25-32(3)4)50(71)61-41(26-33(5)6)51(72)59-39(23-24-46(57)68)49(70)60-42(27-34(7)8)53(74)64-45(31-66)54(75)65-48(37(13)15-2)55(76)62-43(28-35(9)10)52(73)63-44(56(77)78)29-36(11)12/h32-45,48,66-67H,14-31H2,1-13H3,(H2,57,68)(H,58,69)(H,59,72)(H,60,70)(H,61,71)(H,62,76)(H,63,73)(H,64,74)(H,65,75)(H,77,78)/t37-,38+,39+,40-,41-,42-,43+,44-,45+,48-/m0/s1. The highest BCUT2D eigenvalue weighted by atomic mass is 16.4. The minimum absolute atomic E-state index is 0.00389. The predicted molar refractivity (Wildman–Crippen MR) is 299 cm³/mol. The van der Waals surface area contributed by atoms with Crippen molar-refractivity contribution >= 4 is 59.1 Å². The number of aliphatic hydroxyl groups excluding tert-OH is 2. The first-order valence-electron chi connectivity index (χ1n) is 28.7. The van der Waals surface area contributed by atoms with Crippen molar-refractivity contribution in [3.8, 4) is 0 Å². The van der Waals surface area contributed by atoms with E-state index in [0.717, 1.165) is 32.1 Å². The van der Waals surface area contributed by atoms with Gasteiger partial charge in [-0.05, 0) is 80.5 Å². The minimum atomic E-state index is -1.65. The van der Waals surface area contributed by atoms with E-state index in [2.05, 4.69) is 49.5 Å². The highest BCUT2D eigenvalue weighted by molar-refractivity contribution is 5.98. The van der Waals surface area contributed by atoms with Crippen molar-refractivity contribution in [2.45, 2.75) is 254 Å².